The summed E-state index contributed by atoms with van der Waals surface area (Å²) in [5.41, 5.74) is 0. The molecule has 0 aromatic carbocycles. The lowest BCUT2D eigenvalue weighted by molar-refractivity contribution is -0.137. The van der Waals surface area contributed by atoms with Gasteiger partial charge in [0.15, 0.2) is 0 Å². The zero-order chi connectivity index (χ0) is 18.1. The molecule has 2 unspecified atom stereocenters. The van der Waals surface area contributed by atoms with E-state index in [1.807, 2.05) is 6.08 Å². The van der Waals surface area contributed by atoms with Gasteiger partial charge < -0.3 is 10.2 Å². The van der Waals surface area contributed by atoms with Crippen LogP contribution in [0.25, 0.3) is 0 Å². The lowest BCUT2D eigenvalue weighted by Crippen LogP contribution is -2.22. The summed E-state index contributed by atoms with van der Waals surface area (Å²) in [6.45, 7) is 2.17. The van der Waals surface area contributed by atoms with E-state index in [0.717, 1.165) is 32.1 Å². The number of aliphatic hydroxyl groups excluding tert-OH is 1. The molecule has 25 heavy (non-hydrogen) atoms. The molecule has 5 atom stereocenters. The monoisotopic (exact) mass is 348 g/mol. The first-order valence-corrected chi connectivity index (χ1v) is 9.75. The van der Waals surface area contributed by atoms with Gasteiger partial charge in [-0.1, -0.05) is 50.5 Å². The Hall–Kier alpha value is -1.49. The summed E-state index contributed by atoms with van der Waals surface area (Å²) in [4.78, 5) is 10.5. The SMILES string of the molecule is CCCCC[C@H](O)/C=C/[C@H]1C2CC(N=N2)[C@@H]1C/C=C\CCCC(=O)O. The number of hydrogen-bond donors (Lipinski definition) is 2. The molecule has 0 aromatic rings. The van der Waals surface area contributed by atoms with E-state index in [1.165, 1.54) is 12.8 Å². The first-order valence-electron chi connectivity index (χ1n) is 9.75. The van der Waals surface area contributed by atoms with Crippen molar-refractivity contribution in [2.75, 3.05) is 0 Å². The number of rotatable bonds is 12. The van der Waals surface area contributed by atoms with Crippen LogP contribution in [0.4, 0.5) is 0 Å². The van der Waals surface area contributed by atoms with Crippen LogP contribution in [0.1, 0.15) is 64.7 Å². The van der Waals surface area contributed by atoms with Crippen LogP contribution in [0.5, 0.6) is 0 Å². The van der Waals surface area contributed by atoms with E-state index < -0.39 is 5.97 Å². The number of aliphatic carboxylic acids is 1. The molecule has 2 aliphatic rings. The van der Waals surface area contributed by atoms with Gasteiger partial charge in [0.1, 0.15) is 0 Å². The second-order valence-electron chi connectivity index (χ2n) is 7.28. The van der Waals surface area contributed by atoms with Gasteiger partial charge >= 0.3 is 5.97 Å². The number of azo groups is 1. The van der Waals surface area contributed by atoms with Crippen molar-refractivity contribution >= 4 is 5.97 Å². The van der Waals surface area contributed by atoms with Crippen molar-refractivity contribution in [2.24, 2.45) is 22.1 Å². The molecule has 0 spiro atoms. The molecule has 1 fully saturated rings. The average molecular weight is 348 g/mol. The third-order valence-corrected chi connectivity index (χ3v) is 5.27. The topological polar surface area (TPSA) is 82.2 Å². The standard InChI is InChI=1S/C20H32N2O3/c1-2-3-6-9-15(23)12-13-17-16(18-14-19(17)22-21-18)10-7-4-5-8-11-20(24)25/h4,7,12-13,15-19,23H,2-3,5-6,8-11,14H2,1H3,(H,24,25)/b7-4-,13-12+/t15-,16+,17+,18?,19?/m0/s1. The molecule has 140 valence electrons. The molecule has 5 heteroatoms. The predicted octanol–water partition coefficient (Wildman–Crippen LogP) is 4.52. The summed E-state index contributed by atoms with van der Waals surface area (Å²) < 4.78 is 0. The summed E-state index contributed by atoms with van der Waals surface area (Å²) in [5.74, 6) is 0.0916. The quantitative estimate of drug-likeness (QED) is 0.402. The van der Waals surface area contributed by atoms with Gasteiger partial charge in [0.05, 0.1) is 18.2 Å². The van der Waals surface area contributed by atoms with Crippen molar-refractivity contribution in [2.45, 2.75) is 82.9 Å². The van der Waals surface area contributed by atoms with Crippen LogP contribution in [0.15, 0.2) is 34.5 Å². The molecule has 0 aromatic heterocycles. The van der Waals surface area contributed by atoms with Crippen LogP contribution in [-0.4, -0.2) is 34.4 Å². The third-order valence-electron chi connectivity index (χ3n) is 5.27. The van der Waals surface area contributed by atoms with Crippen LogP contribution < -0.4 is 0 Å². The highest BCUT2D eigenvalue weighted by Gasteiger charge is 2.45. The molecule has 0 saturated heterocycles. The summed E-state index contributed by atoms with van der Waals surface area (Å²) in [7, 11) is 0. The summed E-state index contributed by atoms with van der Waals surface area (Å²) in [5, 5.41) is 27.5. The largest absolute Gasteiger partial charge is 0.481 e. The van der Waals surface area contributed by atoms with Gasteiger partial charge in [0.2, 0.25) is 0 Å². The van der Waals surface area contributed by atoms with E-state index in [9.17, 15) is 9.90 Å². The smallest absolute Gasteiger partial charge is 0.303 e. The van der Waals surface area contributed by atoms with Crippen LogP contribution in [0, 0.1) is 11.8 Å². The number of carboxylic acid groups (broad SMARTS) is 1. The Labute approximate surface area is 150 Å². The first kappa shape index (κ1) is 19.8. The van der Waals surface area contributed by atoms with Crippen LogP contribution in [0.3, 0.4) is 0 Å². The van der Waals surface area contributed by atoms with E-state index in [-0.39, 0.29) is 18.6 Å². The summed E-state index contributed by atoms with van der Waals surface area (Å²) in [6, 6.07) is 0.579. The number of carboxylic acids is 1. The van der Waals surface area contributed by atoms with Gasteiger partial charge in [-0.25, -0.2) is 0 Å². The highest BCUT2D eigenvalue weighted by Crippen LogP contribution is 2.44. The molecular formula is C20H32N2O3. The second kappa shape index (κ2) is 10.5. The number of carbonyl (C=O) groups is 1. The van der Waals surface area contributed by atoms with Crippen molar-refractivity contribution in [3.05, 3.63) is 24.3 Å². The Morgan fingerprint density at radius 2 is 2.00 bits per heavy atom. The van der Waals surface area contributed by atoms with Crippen LogP contribution in [-0.2, 0) is 4.79 Å². The Morgan fingerprint density at radius 1 is 1.20 bits per heavy atom. The number of aliphatic hydroxyl groups is 1. The molecule has 2 bridgehead atoms. The molecule has 0 radical (unpaired) electrons. The normalized spacial score (nSPS) is 29.2. The minimum atomic E-state index is -0.732. The lowest BCUT2D eigenvalue weighted by Gasteiger charge is -2.23. The van der Waals surface area contributed by atoms with Gasteiger partial charge in [-0.3, -0.25) is 4.79 Å². The zero-order valence-corrected chi connectivity index (χ0v) is 15.3. The summed E-state index contributed by atoms with van der Waals surface area (Å²) >= 11 is 0. The minimum Gasteiger partial charge on any atom is -0.481 e. The van der Waals surface area contributed by atoms with E-state index >= 15 is 0 Å². The molecule has 2 rings (SSSR count). The molecule has 0 amide bonds. The van der Waals surface area contributed by atoms with Gasteiger partial charge in [-0.15, -0.1) is 0 Å². The van der Waals surface area contributed by atoms with E-state index in [0.29, 0.717) is 24.3 Å². The maximum absolute atomic E-state index is 10.5. The Morgan fingerprint density at radius 3 is 2.76 bits per heavy atom. The first-order chi connectivity index (χ1) is 12.1. The number of nitrogens with zero attached hydrogens (tertiary/aromatic N) is 2. The fourth-order valence-electron chi connectivity index (χ4n) is 3.83. The third kappa shape index (κ3) is 6.38. The van der Waals surface area contributed by atoms with Gasteiger partial charge in [-0.05, 0) is 38.0 Å². The highest BCUT2D eigenvalue weighted by molar-refractivity contribution is 5.66. The summed E-state index contributed by atoms with van der Waals surface area (Å²) in [6.07, 6.45) is 16.0. The van der Waals surface area contributed by atoms with Crippen molar-refractivity contribution in [3.8, 4) is 0 Å². The molecular weight excluding hydrogens is 316 g/mol. The van der Waals surface area contributed by atoms with Crippen LogP contribution in [0.2, 0.25) is 0 Å². The number of unbranched alkanes of at least 4 members (excludes halogenated alkanes) is 3. The number of allylic oxidation sites excluding steroid dienone is 2. The maximum Gasteiger partial charge on any atom is 0.303 e. The molecule has 1 saturated carbocycles. The molecule has 1 aliphatic heterocycles. The molecule has 1 aliphatic carbocycles. The van der Waals surface area contributed by atoms with Crippen molar-refractivity contribution < 1.29 is 15.0 Å². The fourth-order valence-corrected chi connectivity index (χ4v) is 3.83. The Bertz CT molecular complexity index is 501. The van der Waals surface area contributed by atoms with Crippen molar-refractivity contribution in [1.29, 1.82) is 0 Å². The molecule has 2 N–H and O–H groups in total. The Balaban J connectivity index is 1.79. The molecule has 1 heterocycles. The van der Waals surface area contributed by atoms with Crippen LogP contribution >= 0.6 is 0 Å². The van der Waals surface area contributed by atoms with Crippen molar-refractivity contribution in [3.63, 3.8) is 0 Å². The number of hydrogen-bond acceptors (Lipinski definition) is 4. The van der Waals surface area contributed by atoms with E-state index in [4.69, 9.17) is 5.11 Å². The average Bonchev–Trinajstić information content (AvgIpc) is 3.17. The molecule has 5 nitrogen and oxygen atoms in total. The number of fused-ring (bicyclic) bond motifs is 2. The van der Waals surface area contributed by atoms with E-state index in [1.54, 1.807) is 0 Å². The van der Waals surface area contributed by atoms with Gasteiger partial charge in [0, 0.05) is 12.3 Å². The Kier molecular flexibility index (Phi) is 8.32. The lowest BCUT2D eigenvalue weighted by atomic mass is 9.87. The predicted molar refractivity (Wildman–Crippen MR) is 98.6 cm³/mol. The second-order valence-corrected chi connectivity index (χ2v) is 7.28. The van der Waals surface area contributed by atoms with Gasteiger partial charge in [0.25, 0.3) is 0 Å². The minimum absolute atomic E-state index is 0.230. The fraction of sp³-hybridized carbons (Fsp3) is 0.750. The maximum atomic E-state index is 10.5. The van der Waals surface area contributed by atoms with Crippen molar-refractivity contribution in [1.82, 2.24) is 0 Å². The highest BCUT2D eigenvalue weighted by atomic mass is 16.4. The van der Waals surface area contributed by atoms with Gasteiger partial charge in [-0.2, -0.15) is 10.2 Å². The zero-order valence-electron chi connectivity index (χ0n) is 15.3. The van der Waals surface area contributed by atoms with E-state index in [2.05, 4.69) is 35.4 Å².